The van der Waals surface area contributed by atoms with Crippen LogP contribution in [0.2, 0.25) is 0 Å². The number of carbonyl (C=O) groups is 1. The van der Waals surface area contributed by atoms with Gasteiger partial charge >= 0.3 is 6.18 Å². The third-order valence-electron chi connectivity index (χ3n) is 3.27. The van der Waals surface area contributed by atoms with E-state index in [1.807, 2.05) is 0 Å². The van der Waals surface area contributed by atoms with Gasteiger partial charge < -0.3 is 10.4 Å². The zero-order chi connectivity index (χ0) is 14.5. The van der Waals surface area contributed by atoms with Crippen LogP contribution in [0.25, 0.3) is 0 Å². The molecule has 0 aliphatic heterocycles. The molecule has 0 aromatic heterocycles. The lowest BCUT2D eigenvalue weighted by atomic mass is 9.97. The Bertz CT molecular complexity index is 348. The second kappa shape index (κ2) is 6.41. The van der Waals surface area contributed by atoms with Gasteiger partial charge in [0.15, 0.2) is 5.60 Å². The van der Waals surface area contributed by atoms with E-state index in [-0.39, 0.29) is 0 Å². The van der Waals surface area contributed by atoms with Gasteiger partial charge in [0, 0.05) is 6.54 Å². The molecule has 2 N–H and O–H groups in total. The van der Waals surface area contributed by atoms with Crippen LogP contribution in [0.1, 0.15) is 45.4 Å². The summed E-state index contributed by atoms with van der Waals surface area (Å²) < 4.78 is 37.1. The van der Waals surface area contributed by atoms with Crippen LogP contribution in [0, 0.1) is 0 Å². The van der Waals surface area contributed by atoms with Crippen molar-refractivity contribution < 1.29 is 23.1 Å². The lowest BCUT2D eigenvalue weighted by Gasteiger charge is -2.25. The van der Waals surface area contributed by atoms with E-state index in [0.717, 1.165) is 19.3 Å². The second-order valence-electron chi connectivity index (χ2n) is 5.16. The number of hydrogen-bond donors (Lipinski definition) is 2. The Kier molecular flexibility index (Phi) is 5.40. The zero-order valence-electron chi connectivity index (χ0n) is 11.0. The van der Waals surface area contributed by atoms with Gasteiger partial charge in [0.05, 0.1) is 6.42 Å². The molecule has 0 heterocycles. The Labute approximate surface area is 110 Å². The molecular weight excluding hydrogens is 259 g/mol. The minimum atomic E-state index is -4.80. The van der Waals surface area contributed by atoms with Crippen LogP contribution in [-0.2, 0) is 4.79 Å². The van der Waals surface area contributed by atoms with Crippen molar-refractivity contribution in [3.63, 3.8) is 0 Å². The molecule has 0 saturated carbocycles. The van der Waals surface area contributed by atoms with Crippen LogP contribution in [0.5, 0.6) is 0 Å². The van der Waals surface area contributed by atoms with Gasteiger partial charge in [-0.05, 0) is 39.0 Å². The first-order valence-electron chi connectivity index (χ1n) is 6.46. The fourth-order valence-electron chi connectivity index (χ4n) is 1.97. The van der Waals surface area contributed by atoms with E-state index < -0.39 is 24.1 Å². The molecule has 0 aromatic rings. The zero-order valence-corrected chi connectivity index (χ0v) is 11.0. The second-order valence-corrected chi connectivity index (χ2v) is 5.16. The van der Waals surface area contributed by atoms with Crippen LogP contribution < -0.4 is 5.32 Å². The van der Waals surface area contributed by atoms with Crippen molar-refractivity contribution in [1.82, 2.24) is 5.32 Å². The SMILES string of the molecule is CC(O)(CC(=O)NCCC1=CCCCC1)C(F)(F)F. The molecule has 1 unspecified atom stereocenters. The number of nitrogens with one attached hydrogen (secondary N) is 1. The van der Waals surface area contributed by atoms with Crippen molar-refractivity contribution in [2.75, 3.05) is 6.54 Å². The highest BCUT2D eigenvalue weighted by Gasteiger charge is 2.50. The summed E-state index contributed by atoms with van der Waals surface area (Å²) in [7, 11) is 0. The number of halogens is 3. The number of aliphatic hydroxyl groups is 1. The first-order valence-corrected chi connectivity index (χ1v) is 6.46. The maximum atomic E-state index is 12.4. The normalized spacial score (nSPS) is 19.5. The molecule has 1 amide bonds. The van der Waals surface area contributed by atoms with Crippen LogP contribution >= 0.6 is 0 Å². The Hall–Kier alpha value is -1.04. The molecule has 6 heteroatoms. The molecule has 0 spiro atoms. The third-order valence-corrected chi connectivity index (χ3v) is 3.27. The molecule has 0 bridgehead atoms. The molecule has 0 fully saturated rings. The number of carbonyl (C=O) groups excluding carboxylic acids is 1. The molecule has 0 aromatic carbocycles. The van der Waals surface area contributed by atoms with E-state index >= 15 is 0 Å². The summed E-state index contributed by atoms with van der Waals surface area (Å²) in [6.45, 7) is 0.925. The number of alkyl halides is 3. The summed E-state index contributed by atoms with van der Waals surface area (Å²) in [6, 6.07) is 0. The van der Waals surface area contributed by atoms with E-state index in [4.69, 9.17) is 0 Å². The highest BCUT2D eigenvalue weighted by Crippen LogP contribution is 2.32. The van der Waals surface area contributed by atoms with Gasteiger partial charge in [-0.2, -0.15) is 13.2 Å². The first-order chi connectivity index (χ1) is 8.72. The first kappa shape index (κ1) is 16.0. The van der Waals surface area contributed by atoms with E-state index in [0.29, 0.717) is 19.9 Å². The lowest BCUT2D eigenvalue weighted by Crippen LogP contribution is -2.46. The number of amides is 1. The van der Waals surface area contributed by atoms with E-state index in [1.165, 1.54) is 12.0 Å². The molecule has 0 saturated heterocycles. The van der Waals surface area contributed by atoms with Crippen molar-refractivity contribution in [2.24, 2.45) is 0 Å². The fraction of sp³-hybridized carbons (Fsp3) is 0.769. The molecular formula is C13H20F3NO2. The molecule has 1 rings (SSSR count). The lowest BCUT2D eigenvalue weighted by molar-refractivity contribution is -0.253. The maximum Gasteiger partial charge on any atom is 0.417 e. The topological polar surface area (TPSA) is 49.3 Å². The summed E-state index contributed by atoms with van der Waals surface area (Å²) in [5, 5.41) is 11.6. The van der Waals surface area contributed by atoms with Crippen LogP contribution in [0.15, 0.2) is 11.6 Å². The van der Waals surface area contributed by atoms with Gasteiger partial charge in [-0.25, -0.2) is 0 Å². The monoisotopic (exact) mass is 279 g/mol. The molecule has 3 nitrogen and oxygen atoms in total. The predicted molar refractivity (Wildman–Crippen MR) is 65.5 cm³/mol. The van der Waals surface area contributed by atoms with Gasteiger partial charge in [-0.1, -0.05) is 11.6 Å². The van der Waals surface area contributed by atoms with Gasteiger partial charge in [0.25, 0.3) is 0 Å². The molecule has 110 valence electrons. The largest absolute Gasteiger partial charge is 0.417 e. The van der Waals surface area contributed by atoms with Crippen LogP contribution in [0.3, 0.4) is 0 Å². The molecule has 1 aliphatic rings. The summed E-state index contributed by atoms with van der Waals surface area (Å²) in [4.78, 5) is 11.4. The van der Waals surface area contributed by atoms with Crippen molar-refractivity contribution in [3.05, 3.63) is 11.6 Å². The maximum absolute atomic E-state index is 12.4. The quantitative estimate of drug-likeness (QED) is 0.760. The van der Waals surface area contributed by atoms with Gasteiger partial charge in [0.2, 0.25) is 5.91 Å². The number of rotatable bonds is 5. The highest BCUT2D eigenvalue weighted by atomic mass is 19.4. The minimum absolute atomic E-state index is 0.318. The summed E-state index contributed by atoms with van der Waals surface area (Å²) >= 11 is 0. The number of hydrogen-bond acceptors (Lipinski definition) is 2. The summed E-state index contributed by atoms with van der Waals surface area (Å²) in [5.74, 6) is -0.779. The Morgan fingerprint density at radius 1 is 1.42 bits per heavy atom. The highest BCUT2D eigenvalue weighted by molar-refractivity contribution is 5.77. The van der Waals surface area contributed by atoms with Gasteiger partial charge in [-0.15, -0.1) is 0 Å². The summed E-state index contributed by atoms with van der Waals surface area (Å²) in [6.07, 6.45) is 1.36. The van der Waals surface area contributed by atoms with Crippen LogP contribution in [-0.4, -0.2) is 29.3 Å². The van der Waals surface area contributed by atoms with Crippen molar-refractivity contribution in [2.45, 2.75) is 57.2 Å². The van der Waals surface area contributed by atoms with Crippen molar-refractivity contribution in [1.29, 1.82) is 0 Å². The predicted octanol–water partition coefficient (Wildman–Crippen LogP) is 2.70. The standard InChI is InChI=1S/C13H20F3NO2/c1-12(19,13(14,15)16)9-11(18)17-8-7-10-5-3-2-4-6-10/h5,19H,2-4,6-9H2,1H3,(H,17,18). The Morgan fingerprint density at radius 3 is 2.63 bits per heavy atom. The van der Waals surface area contributed by atoms with E-state index in [9.17, 15) is 23.1 Å². The minimum Gasteiger partial charge on any atom is -0.380 e. The Balaban J connectivity index is 2.30. The molecule has 1 atom stereocenters. The van der Waals surface area contributed by atoms with E-state index in [2.05, 4.69) is 11.4 Å². The molecule has 19 heavy (non-hydrogen) atoms. The van der Waals surface area contributed by atoms with Gasteiger partial charge in [-0.3, -0.25) is 4.79 Å². The third kappa shape index (κ3) is 5.22. The van der Waals surface area contributed by atoms with Gasteiger partial charge in [0.1, 0.15) is 0 Å². The average molecular weight is 279 g/mol. The van der Waals surface area contributed by atoms with Crippen LogP contribution in [0.4, 0.5) is 13.2 Å². The summed E-state index contributed by atoms with van der Waals surface area (Å²) in [5.41, 5.74) is -1.73. The van der Waals surface area contributed by atoms with Crippen molar-refractivity contribution >= 4 is 5.91 Å². The molecule has 0 radical (unpaired) electrons. The number of allylic oxidation sites excluding steroid dienone is 1. The van der Waals surface area contributed by atoms with Crippen molar-refractivity contribution in [3.8, 4) is 0 Å². The molecule has 1 aliphatic carbocycles. The van der Waals surface area contributed by atoms with E-state index in [1.54, 1.807) is 0 Å². The Morgan fingerprint density at radius 2 is 2.11 bits per heavy atom. The smallest absolute Gasteiger partial charge is 0.380 e. The fourth-order valence-corrected chi connectivity index (χ4v) is 1.97. The average Bonchev–Trinajstić information content (AvgIpc) is 2.28.